The lowest BCUT2D eigenvalue weighted by atomic mass is 10.3. The Labute approximate surface area is 125 Å². The van der Waals surface area contributed by atoms with Crippen LogP contribution in [0.15, 0.2) is 4.90 Å². The summed E-state index contributed by atoms with van der Waals surface area (Å²) in [6.45, 7) is 6.23. The maximum Gasteiger partial charge on any atom is 0.246 e. The number of aromatic nitrogens is 2. The minimum atomic E-state index is -3.61. The number of nitrogen functional groups attached to an aromatic ring is 1. The van der Waals surface area contributed by atoms with E-state index in [4.69, 9.17) is 10.5 Å². The molecule has 21 heavy (non-hydrogen) atoms. The monoisotopic (exact) mass is 317 g/mol. The zero-order chi connectivity index (χ0) is 15.5. The summed E-state index contributed by atoms with van der Waals surface area (Å²) in [6, 6.07) is 0. The van der Waals surface area contributed by atoms with Crippen molar-refractivity contribution in [2.24, 2.45) is 7.05 Å². The molecule has 0 aromatic carbocycles. The molecule has 2 rings (SSSR count). The number of ether oxygens (including phenoxy) is 1. The van der Waals surface area contributed by atoms with Crippen LogP contribution in [0.3, 0.4) is 0 Å². The molecule has 9 heteroatoms. The zero-order valence-electron chi connectivity index (χ0n) is 12.5. The van der Waals surface area contributed by atoms with Gasteiger partial charge in [-0.05, 0) is 19.9 Å². The third-order valence-electron chi connectivity index (χ3n) is 3.62. The molecule has 1 fully saturated rings. The maximum absolute atomic E-state index is 12.3. The second kappa shape index (κ2) is 6.73. The molecule has 3 N–H and O–H groups in total. The number of sulfonamides is 1. The fraction of sp³-hybridized carbons (Fsp3) is 0.750. The molecule has 0 saturated carbocycles. The first-order chi connectivity index (χ1) is 9.92. The Hall–Kier alpha value is -1.16. The normalized spacial score (nSPS) is 17.2. The standard InChI is InChI=1S/C12H23N5O3S/c1-10-11(12(13)15-16(10)2)21(18,19)14-4-3-5-17-6-8-20-9-7-17/h14H,3-9H2,1-2H3,(H2,13,15). The Morgan fingerprint density at radius 3 is 2.62 bits per heavy atom. The van der Waals surface area contributed by atoms with Gasteiger partial charge in [0.15, 0.2) is 5.82 Å². The molecule has 1 aliphatic heterocycles. The highest BCUT2D eigenvalue weighted by atomic mass is 32.2. The first-order valence-electron chi connectivity index (χ1n) is 7.00. The number of hydrogen-bond donors (Lipinski definition) is 2. The first kappa shape index (κ1) is 16.2. The fourth-order valence-electron chi connectivity index (χ4n) is 2.35. The first-order valence-corrected chi connectivity index (χ1v) is 8.49. The van der Waals surface area contributed by atoms with Crippen LogP contribution < -0.4 is 10.5 Å². The Morgan fingerprint density at radius 1 is 1.38 bits per heavy atom. The van der Waals surface area contributed by atoms with Crippen LogP contribution in [-0.4, -0.2) is 62.5 Å². The van der Waals surface area contributed by atoms with E-state index < -0.39 is 10.0 Å². The van der Waals surface area contributed by atoms with Gasteiger partial charge in [-0.1, -0.05) is 0 Å². The van der Waals surface area contributed by atoms with Gasteiger partial charge < -0.3 is 10.5 Å². The SMILES string of the molecule is Cc1c(S(=O)(=O)NCCCN2CCOCC2)c(N)nn1C. The summed E-state index contributed by atoms with van der Waals surface area (Å²) in [4.78, 5) is 2.35. The number of nitrogens with one attached hydrogen (secondary N) is 1. The van der Waals surface area contributed by atoms with E-state index in [9.17, 15) is 8.42 Å². The van der Waals surface area contributed by atoms with Crippen molar-refractivity contribution in [2.45, 2.75) is 18.2 Å². The summed E-state index contributed by atoms with van der Waals surface area (Å²) in [6.07, 6.45) is 0.748. The zero-order valence-corrected chi connectivity index (χ0v) is 13.3. The molecular weight excluding hydrogens is 294 g/mol. The molecule has 1 saturated heterocycles. The van der Waals surface area contributed by atoms with E-state index in [-0.39, 0.29) is 10.7 Å². The van der Waals surface area contributed by atoms with Crippen molar-refractivity contribution < 1.29 is 13.2 Å². The molecule has 120 valence electrons. The lowest BCUT2D eigenvalue weighted by molar-refractivity contribution is 0.0376. The molecule has 0 bridgehead atoms. The van der Waals surface area contributed by atoms with Crippen molar-refractivity contribution in [3.05, 3.63) is 5.69 Å². The van der Waals surface area contributed by atoms with E-state index in [0.717, 1.165) is 39.3 Å². The Morgan fingerprint density at radius 2 is 2.05 bits per heavy atom. The quantitative estimate of drug-likeness (QED) is 0.673. The van der Waals surface area contributed by atoms with E-state index in [1.54, 1.807) is 14.0 Å². The van der Waals surface area contributed by atoms with Gasteiger partial charge in [0.2, 0.25) is 10.0 Å². The van der Waals surface area contributed by atoms with Gasteiger partial charge in [0.05, 0.1) is 18.9 Å². The van der Waals surface area contributed by atoms with Gasteiger partial charge in [-0.2, -0.15) is 5.10 Å². The van der Waals surface area contributed by atoms with E-state index >= 15 is 0 Å². The number of morpholine rings is 1. The molecule has 0 radical (unpaired) electrons. The van der Waals surface area contributed by atoms with Crippen LogP contribution in [0.4, 0.5) is 5.82 Å². The van der Waals surface area contributed by atoms with E-state index in [1.807, 2.05) is 0 Å². The second-order valence-corrected chi connectivity index (χ2v) is 6.83. The number of rotatable bonds is 6. The molecule has 0 atom stereocenters. The highest BCUT2D eigenvalue weighted by Gasteiger charge is 2.24. The summed E-state index contributed by atoms with van der Waals surface area (Å²) < 4.78 is 33.9. The molecule has 2 heterocycles. The minimum absolute atomic E-state index is 0.0377. The average molecular weight is 317 g/mol. The van der Waals surface area contributed by atoms with Crippen LogP contribution in [0, 0.1) is 6.92 Å². The topological polar surface area (TPSA) is 102 Å². The predicted octanol–water partition coefficient (Wildman–Crippen LogP) is -0.689. The van der Waals surface area contributed by atoms with Gasteiger partial charge in [-0.25, -0.2) is 13.1 Å². The fourth-order valence-corrected chi connectivity index (χ4v) is 3.75. The molecule has 1 aromatic rings. The van der Waals surface area contributed by atoms with Crippen molar-refractivity contribution >= 4 is 15.8 Å². The van der Waals surface area contributed by atoms with E-state index in [1.165, 1.54) is 4.68 Å². The number of anilines is 1. The van der Waals surface area contributed by atoms with Crippen molar-refractivity contribution in [3.63, 3.8) is 0 Å². The maximum atomic E-state index is 12.3. The minimum Gasteiger partial charge on any atom is -0.381 e. The molecule has 0 amide bonds. The van der Waals surface area contributed by atoms with Crippen molar-refractivity contribution in [2.75, 3.05) is 45.1 Å². The molecule has 1 aliphatic rings. The Bertz CT molecular complexity index is 578. The van der Waals surface area contributed by atoms with Crippen LogP contribution in [0.25, 0.3) is 0 Å². The number of nitrogens with two attached hydrogens (primary N) is 1. The molecule has 1 aromatic heterocycles. The van der Waals surface area contributed by atoms with Crippen molar-refractivity contribution in [1.82, 2.24) is 19.4 Å². The predicted molar refractivity (Wildman–Crippen MR) is 79.4 cm³/mol. The van der Waals surface area contributed by atoms with Crippen LogP contribution in [0.2, 0.25) is 0 Å². The van der Waals surface area contributed by atoms with Crippen LogP contribution >= 0.6 is 0 Å². The highest BCUT2D eigenvalue weighted by molar-refractivity contribution is 7.89. The summed E-state index contributed by atoms with van der Waals surface area (Å²) in [5.41, 5.74) is 6.21. The van der Waals surface area contributed by atoms with Gasteiger partial charge in [0.25, 0.3) is 0 Å². The summed E-state index contributed by atoms with van der Waals surface area (Å²) in [7, 11) is -1.94. The van der Waals surface area contributed by atoms with Gasteiger partial charge in [-0.3, -0.25) is 9.58 Å². The largest absolute Gasteiger partial charge is 0.381 e. The number of nitrogens with zero attached hydrogens (tertiary/aromatic N) is 3. The highest BCUT2D eigenvalue weighted by Crippen LogP contribution is 2.20. The van der Waals surface area contributed by atoms with Gasteiger partial charge in [0.1, 0.15) is 4.90 Å². The molecule has 8 nitrogen and oxygen atoms in total. The van der Waals surface area contributed by atoms with Gasteiger partial charge in [0, 0.05) is 26.7 Å². The van der Waals surface area contributed by atoms with E-state index in [0.29, 0.717) is 12.2 Å². The summed E-state index contributed by atoms with van der Waals surface area (Å²) in [5.74, 6) is 0.0377. The molecular formula is C12H23N5O3S. The van der Waals surface area contributed by atoms with Crippen LogP contribution in [0.5, 0.6) is 0 Å². The smallest absolute Gasteiger partial charge is 0.246 e. The lowest BCUT2D eigenvalue weighted by Crippen LogP contribution is -2.38. The summed E-state index contributed by atoms with van der Waals surface area (Å²) in [5, 5.41) is 3.93. The molecule has 0 spiro atoms. The van der Waals surface area contributed by atoms with Crippen molar-refractivity contribution in [1.29, 1.82) is 0 Å². The van der Waals surface area contributed by atoms with Gasteiger partial charge >= 0.3 is 0 Å². The lowest BCUT2D eigenvalue weighted by Gasteiger charge is -2.26. The number of aryl methyl sites for hydroxylation is 1. The summed E-state index contributed by atoms with van der Waals surface area (Å²) >= 11 is 0. The van der Waals surface area contributed by atoms with Crippen LogP contribution in [-0.2, 0) is 21.8 Å². The second-order valence-electron chi connectivity index (χ2n) is 5.13. The van der Waals surface area contributed by atoms with E-state index in [2.05, 4.69) is 14.7 Å². The van der Waals surface area contributed by atoms with Crippen molar-refractivity contribution in [3.8, 4) is 0 Å². The third-order valence-corrected chi connectivity index (χ3v) is 5.25. The Kier molecular flexibility index (Phi) is 5.20. The van der Waals surface area contributed by atoms with Gasteiger partial charge in [-0.15, -0.1) is 0 Å². The van der Waals surface area contributed by atoms with Crippen LogP contribution in [0.1, 0.15) is 12.1 Å². The average Bonchev–Trinajstić information content (AvgIpc) is 2.70. The number of hydrogen-bond acceptors (Lipinski definition) is 6. The Balaban J connectivity index is 1.86. The molecule has 0 aliphatic carbocycles. The third kappa shape index (κ3) is 3.94. The molecule has 0 unspecified atom stereocenters.